The maximum Gasteiger partial charge on any atom is 0.129 e. The zero-order chi connectivity index (χ0) is 14.8. The normalized spacial score (nSPS) is 13.1. The summed E-state index contributed by atoms with van der Waals surface area (Å²) in [5.74, 6) is 1.61. The van der Waals surface area contributed by atoms with Gasteiger partial charge in [0.1, 0.15) is 12.4 Å². The van der Waals surface area contributed by atoms with Gasteiger partial charge in [-0.1, -0.05) is 47.0 Å². The Morgan fingerprint density at radius 3 is 2.75 bits per heavy atom. The van der Waals surface area contributed by atoms with E-state index in [0.717, 1.165) is 18.9 Å². The Labute approximate surface area is 124 Å². The quantitative estimate of drug-likeness (QED) is 0.648. The third-order valence-corrected chi connectivity index (χ3v) is 3.56. The molecule has 0 fully saturated rings. The van der Waals surface area contributed by atoms with E-state index in [1.165, 1.54) is 31.2 Å². The summed E-state index contributed by atoms with van der Waals surface area (Å²) in [4.78, 5) is 0. The van der Waals surface area contributed by atoms with Crippen LogP contribution in [0.15, 0.2) is 16.7 Å². The fraction of sp³-hybridized carbons (Fsp3) is 0.765. The first kappa shape index (κ1) is 17.3. The fourth-order valence-electron chi connectivity index (χ4n) is 2.14. The SMILES string of the molecule is CCCCC(CC)COCc1cc(CNC(C)C)co1. The topological polar surface area (TPSA) is 34.4 Å². The number of hydrogen-bond acceptors (Lipinski definition) is 3. The largest absolute Gasteiger partial charge is 0.467 e. The number of ether oxygens (including phenoxy) is 1. The maximum atomic E-state index is 5.79. The third-order valence-electron chi connectivity index (χ3n) is 3.56. The second-order valence-corrected chi connectivity index (χ2v) is 5.89. The minimum absolute atomic E-state index is 0.494. The molecule has 0 spiro atoms. The summed E-state index contributed by atoms with van der Waals surface area (Å²) in [6.07, 6.45) is 6.85. The lowest BCUT2D eigenvalue weighted by Gasteiger charge is -2.13. The Morgan fingerprint density at radius 1 is 1.30 bits per heavy atom. The molecule has 0 aromatic carbocycles. The van der Waals surface area contributed by atoms with E-state index in [-0.39, 0.29) is 0 Å². The average Bonchev–Trinajstić information content (AvgIpc) is 2.88. The molecule has 1 aromatic heterocycles. The van der Waals surface area contributed by atoms with Gasteiger partial charge in [0.15, 0.2) is 0 Å². The van der Waals surface area contributed by atoms with Crippen LogP contribution in [0.1, 0.15) is 64.7 Å². The molecule has 0 radical (unpaired) electrons. The summed E-state index contributed by atoms with van der Waals surface area (Å²) in [5.41, 5.74) is 1.19. The van der Waals surface area contributed by atoms with Gasteiger partial charge in [-0.2, -0.15) is 0 Å². The molecule has 1 atom stereocenters. The van der Waals surface area contributed by atoms with Gasteiger partial charge in [0.05, 0.1) is 6.26 Å². The van der Waals surface area contributed by atoms with E-state index >= 15 is 0 Å². The van der Waals surface area contributed by atoms with Crippen LogP contribution in [0, 0.1) is 5.92 Å². The van der Waals surface area contributed by atoms with Gasteiger partial charge < -0.3 is 14.5 Å². The first-order valence-electron chi connectivity index (χ1n) is 8.03. The fourth-order valence-corrected chi connectivity index (χ4v) is 2.14. The molecule has 0 saturated heterocycles. The summed E-state index contributed by atoms with van der Waals surface area (Å²) >= 11 is 0. The van der Waals surface area contributed by atoms with Gasteiger partial charge in [-0.3, -0.25) is 0 Å². The molecular weight excluding hydrogens is 250 g/mol. The number of hydrogen-bond donors (Lipinski definition) is 1. The highest BCUT2D eigenvalue weighted by molar-refractivity contribution is 5.12. The first-order valence-corrected chi connectivity index (χ1v) is 8.03. The van der Waals surface area contributed by atoms with E-state index in [1.807, 2.05) is 6.26 Å². The lowest BCUT2D eigenvalue weighted by molar-refractivity contribution is 0.0709. The predicted molar refractivity (Wildman–Crippen MR) is 83.6 cm³/mol. The van der Waals surface area contributed by atoms with Crippen LogP contribution in [0.4, 0.5) is 0 Å². The minimum Gasteiger partial charge on any atom is -0.467 e. The van der Waals surface area contributed by atoms with Crippen LogP contribution in [0.5, 0.6) is 0 Å². The number of nitrogens with one attached hydrogen (secondary N) is 1. The number of unbranched alkanes of at least 4 members (excludes halogenated alkanes) is 1. The van der Waals surface area contributed by atoms with Crippen molar-refractivity contribution in [3.63, 3.8) is 0 Å². The third kappa shape index (κ3) is 7.11. The van der Waals surface area contributed by atoms with Gasteiger partial charge in [-0.05, 0) is 18.4 Å². The predicted octanol–water partition coefficient (Wildman–Crippen LogP) is 4.51. The highest BCUT2D eigenvalue weighted by Crippen LogP contribution is 2.15. The summed E-state index contributed by atoms with van der Waals surface area (Å²) in [6.45, 7) is 11.1. The van der Waals surface area contributed by atoms with Crippen molar-refractivity contribution in [2.45, 2.75) is 72.6 Å². The van der Waals surface area contributed by atoms with E-state index in [0.29, 0.717) is 18.6 Å². The van der Waals surface area contributed by atoms with Crippen LogP contribution in [-0.4, -0.2) is 12.6 Å². The maximum absolute atomic E-state index is 5.79. The molecule has 1 N–H and O–H groups in total. The Balaban J connectivity index is 2.24. The molecular formula is C17H31NO2. The molecule has 1 unspecified atom stereocenters. The van der Waals surface area contributed by atoms with Crippen molar-refractivity contribution in [1.82, 2.24) is 5.32 Å². The lowest BCUT2D eigenvalue weighted by atomic mass is 10.0. The zero-order valence-corrected chi connectivity index (χ0v) is 13.6. The van der Waals surface area contributed by atoms with Crippen molar-refractivity contribution >= 4 is 0 Å². The Hall–Kier alpha value is -0.800. The molecule has 3 heteroatoms. The van der Waals surface area contributed by atoms with E-state index < -0.39 is 0 Å². The van der Waals surface area contributed by atoms with Gasteiger partial charge in [0.2, 0.25) is 0 Å². The molecule has 20 heavy (non-hydrogen) atoms. The summed E-state index contributed by atoms with van der Waals surface area (Å²) < 4.78 is 11.3. The summed E-state index contributed by atoms with van der Waals surface area (Å²) in [5, 5.41) is 3.38. The minimum atomic E-state index is 0.494. The number of rotatable bonds is 11. The molecule has 0 aliphatic rings. The van der Waals surface area contributed by atoms with E-state index in [4.69, 9.17) is 9.15 Å². The van der Waals surface area contributed by atoms with E-state index in [2.05, 4.69) is 39.1 Å². The molecule has 0 amide bonds. The smallest absolute Gasteiger partial charge is 0.129 e. The van der Waals surface area contributed by atoms with Gasteiger partial charge >= 0.3 is 0 Å². The summed E-state index contributed by atoms with van der Waals surface area (Å²) in [7, 11) is 0. The zero-order valence-electron chi connectivity index (χ0n) is 13.6. The molecule has 0 bridgehead atoms. The molecule has 116 valence electrons. The Morgan fingerprint density at radius 2 is 2.10 bits per heavy atom. The second-order valence-electron chi connectivity index (χ2n) is 5.89. The van der Waals surface area contributed by atoms with Crippen molar-refractivity contribution in [2.75, 3.05) is 6.61 Å². The van der Waals surface area contributed by atoms with Crippen molar-refractivity contribution < 1.29 is 9.15 Å². The second kappa shape index (κ2) is 10.0. The van der Waals surface area contributed by atoms with Crippen LogP contribution in [0.3, 0.4) is 0 Å². The van der Waals surface area contributed by atoms with E-state index in [1.54, 1.807) is 0 Å². The van der Waals surface area contributed by atoms with Crippen LogP contribution in [0.2, 0.25) is 0 Å². The van der Waals surface area contributed by atoms with Crippen LogP contribution in [-0.2, 0) is 17.9 Å². The first-order chi connectivity index (χ1) is 9.65. The van der Waals surface area contributed by atoms with Crippen molar-refractivity contribution in [3.8, 4) is 0 Å². The monoisotopic (exact) mass is 281 g/mol. The molecule has 1 aromatic rings. The Bertz CT molecular complexity index is 347. The lowest BCUT2D eigenvalue weighted by Crippen LogP contribution is -2.21. The average molecular weight is 281 g/mol. The van der Waals surface area contributed by atoms with Gasteiger partial charge in [-0.15, -0.1) is 0 Å². The molecule has 0 aliphatic carbocycles. The van der Waals surface area contributed by atoms with Crippen LogP contribution in [0.25, 0.3) is 0 Å². The molecule has 1 rings (SSSR count). The molecule has 3 nitrogen and oxygen atoms in total. The van der Waals surface area contributed by atoms with Crippen molar-refractivity contribution in [1.29, 1.82) is 0 Å². The van der Waals surface area contributed by atoms with Crippen molar-refractivity contribution in [3.05, 3.63) is 23.7 Å². The van der Waals surface area contributed by atoms with Crippen molar-refractivity contribution in [2.24, 2.45) is 5.92 Å². The van der Waals surface area contributed by atoms with Gasteiger partial charge in [-0.25, -0.2) is 0 Å². The molecule has 1 heterocycles. The highest BCUT2D eigenvalue weighted by Gasteiger charge is 2.07. The highest BCUT2D eigenvalue weighted by atomic mass is 16.5. The molecule has 0 aliphatic heterocycles. The molecule has 0 saturated carbocycles. The van der Waals surface area contributed by atoms with E-state index in [9.17, 15) is 0 Å². The van der Waals surface area contributed by atoms with Gasteiger partial charge in [0.25, 0.3) is 0 Å². The Kier molecular flexibility index (Phi) is 8.63. The van der Waals surface area contributed by atoms with Crippen LogP contribution < -0.4 is 5.32 Å². The van der Waals surface area contributed by atoms with Crippen LogP contribution >= 0.6 is 0 Å². The standard InChI is InChI=1S/C17H31NO2/c1-5-7-8-15(6-2)11-19-13-17-9-16(12-20-17)10-18-14(3)4/h9,12,14-15,18H,5-8,10-11,13H2,1-4H3. The summed E-state index contributed by atoms with van der Waals surface area (Å²) in [6, 6.07) is 2.58. The number of furan rings is 1. The van der Waals surface area contributed by atoms with Gasteiger partial charge in [0, 0.05) is 24.8 Å².